The summed E-state index contributed by atoms with van der Waals surface area (Å²) in [6, 6.07) is 0. The van der Waals surface area contributed by atoms with E-state index in [4.69, 9.17) is 65.1 Å². The van der Waals surface area contributed by atoms with Crippen LogP contribution in [0, 0.1) is 0 Å². The minimum absolute atomic E-state index is 0. The average molecular weight is 527 g/mol. The van der Waals surface area contributed by atoms with E-state index in [2.05, 4.69) is 0 Å². The first-order valence-electron chi connectivity index (χ1n) is 2.70. The Morgan fingerprint density at radius 1 is 0.600 bits per heavy atom. The van der Waals surface area contributed by atoms with Crippen molar-refractivity contribution in [1.29, 1.82) is 0 Å². The van der Waals surface area contributed by atoms with Gasteiger partial charge >= 0.3 is 203 Å². The fourth-order valence-electron chi connectivity index (χ4n) is 0. The standard InChI is InChI=1S/2CH2O3.2ClH.K.4Na.2H2O4S.4H/c2*2-1(3)4;;;;;;;;2*1-5(2,3)4;;;;/h2*(H2,2,3,4);2*1H;;;;;;2*(H2,1,2,3,4);;;;/q;;;;5*+1;;;4*-1/p-1. The maximum atomic E-state index is 8.74. The van der Waals surface area contributed by atoms with Gasteiger partial charge in [-0.3, -0.25) is 18.2 Å². The Labute approximate surface area is 292 Å². The van der Waals surface area contributed by atoms with Gasteiger partial charge in [0, 0.05) is 0 Å². The molecule has 8 N–H and O–H groups in total. The third-order valence-electron chi connectivity index (χ3n) is 0. The molecular formula is C2H13Cl2KNa4O14S2. The van der Waals surface area contributed by atoms with Gasteiger partial charge in [-0.1, -0.05) is 0 Å². The number of rotatable bonds is 0. The first-order chi connectivity index (χ1) is 7.46. The molecule has 0 aliphatic rings. The number of halogens is 2. The zero-order valence-electron chi connectivity index (χ0n) is 17.6. The van der Waals surface area contributed by atoms with Crippen molar-refractivity contribution in [3.8, 4) is 0 Å². The first kappa shape index (κ1) is 70.0. The second kappa shape index (κ2) is 42.6. The van der Waals surface area contributed by atoms with Crippen molar-refractivity contribution in [3.05, 3.63) is 0 Å². The summed E-state index contributed by atoms with van der Waals surface area (Å²) in [6.45, 7) is 0. The summed E-state index contributed by atoms with van der Waals surface area (Å²) < 4.78 is 63.2. The van der Waals surface area contributed by atoms with E-state index in [9.17, 15) is 0 Å². The van der Waals surface area contributed by atoms with Crippen LogP contribution in [0.1, 0.15) is 5.71 Å². The molecule has 0 aliphatic heterocycles. The van der Waals surface area contributed by atoms with Gasteiger partial charge in [0.25, 0.3) is 0 Å². The second-order valence-electron chi connectivity index (χ2n) is 1.46. The van der Waals surface area contributed by atoms with Crippen LogP contribution in [0.5, 0.6) is 0 Å². The quantitative estimate of drug-likeness (QED) is 0.107. The summed E-state index contributed by atoms with van der Waals surface area (Å²) in [4.78, 5) is 17.1. The van der Waals surface area contributed by atoms with Gasteiger partial charge in [-0.2, -0.15) is 16.8 Å². The van der Waals surface area contributed by atoms with Crippen molar-refractivity contribution in [2.45, 2.75) is 0 Å². The van der Waals surface area contributed by atoms with Crippen LogP contribution in [0.15, 0.2) is 0 Å². The van der Waals surface area contributed by atoms with Crippen LogP contribution >= 0.6 is 12.4 Å². The summed E-state index contributed by atoms with van der Waals surface area (Å²) in [6.07, 6.45) is -3.67. The van der Waals surface area contributed by atoms with Crippen molar-refractivity contribution in [2.24, 2.45) is 0 Å². The molecule has 0 saturated heterocycles. The molecule has 0 atom stereocenters. The Morgan fingerprint density at radius 3 is 0.600 bits per heavy atom. The molecule has 0 aromatic rings. The van der Waals surface area contributed by atoms with Crippen LogP contribution in [0.3, 0.4) is 0 Å². The minimum Gasteiger partial charge on any atom is -1.00 e. The van der Waals surface area contributed by atoms with Gasteiger partial charge in [-0.25, -0.2) is 9.59 Å². The third kappa shape index (κ3) is 990. The molecule has 0 radical (unpaired) electrons. The Kier molecular flexibility index (Phi) is 119. The first-order valence-corrected chi connectivity index (χ1v) is 5.49. The number of carboxylic acid groups (broad SMARTS) is 4. The van der Waals surface area contributed by atoms with E-state index in [1.807, 2.05) is 0 Å². The third-order valence-corrected chi connectivity index (χ3v) is 0. The molecule has 0 rings (SSSR count). The molecule has 0 saturated carbocycles. The van der Waals surface area contributed by atoms with Gasteiger partial charge in [-0.05, 0) is 0 Å². The number of hydrogen-bond acceptors (Lipinski definition) is 6. The predicted molar refractivity (Wildman–Crippen MR) is 61.4 cm³/mol. The summed E-state index contributed by atoms with van der Waals surface area (Å²) in [5.74, 6) is 0. The number of hydrogen-bond donors (Lipinski definition) is 8. The molecule has 136 valence electrons. The molecule has 0 aliphatic carbocycles. The van der Waals surface area contributed by atoms with E-state index in [1.54, 1.807) is 0 Å². The zero-order valence-corrected chi connectivity index (χ0v) is 28.0. The van der Waals surface area contributed by atoms with E-state index < -0.39 is 33.1 Å². The van der Waals surface area contributed by atoms with Crippen LogP contribution < -0.4 is 182 Å². The van der Waals surface area contributed by atoms with E-state index in [0.29, 0.717) is 0 Å². The fraction of sp³-hybridized carbons (Fsp3) is 0. The maximum absolute atomic E-state index is 8.74. The summed E-state index contributed by atoms with van der Waals surface area (Å²) in [7, 11) is -9.33. The van der Waals surface area contributed by atoms with Gasteiger partial charge in [0.15, 0.2) is 0 Å². The summed E-state index contributed by atoms with van der Waals surface area (Å²) in [5, 5.41) is 27.9. The largest absolute Gasteiger partial charge is 1.00 e. The molecule has 23 heteroatoms. The van der Waals surface area contributed by atoms with Crippen molar-refractivity contribution in [3.63, 3.8) is 0 Å². The van der Waals surface area contributed by atoms with Crippen molar-refractivity contribution < 1.29 is 253 Å². The molecule has 0 heterocycles. The topological polar surface area (TPSA) is 264 Å². The molecule has 14 nitrogen and oxygen atoms in total. The van der Waals surface area contributed by atoms with Gasteiger partial charge in [-0.15, -0.1) is 12.4 Å². The SMILES string of the molecule is Cl.O=C(O)O.O=C(O)O.O=S(=O)(O)O.O=S(=O)(O)O.[Cl-].[H-].[H-].[H-].[H-].[K+].[Na+].[Na+].[Na+].[Na+]. The summed E-state index contributed by atoms with van der Waals surface area (Å²) in [5.41, 5.74) is 0. The maximum Gasteiger partial charge on any atom is 1.00 e. The van der Waals surface area contributed by atoms with Crippen LogP contribution in [-0.2, 0) is 20.8 Å². The predicted octanol–water partition coefficient (Wildman–Crippen LogP) is -18.0. The Balaban J connectivity index is -0.00000000617. The Morgan fingerprint density at radius 2 is 0.600 bits per heavy atom. The molecular weight excluding hydrogens is 514 g/mol. The molecule has 0 fully saturated rings. The van der Waals surface area contributed by atoms with E-state index in [0.717, 1.165) is 0 Å². The fourth-order valence-corrected chi connectivity index (χ4v) is 0. The normalized spacial score (nSPS) is 6.56. The van der Waals surface area contributed by atoms with Crippen molar-refractivity contribution in [2.75, 3.05) is 0 Å². The van der Waals surface area contributed by atoms with Crippen LogP contribution in [0.25, 0.3) is 0 Å². The van der Waals surface area contributed by atoms with E-state index in [1.165, 1.54) is 0 Å². The van der Waals surface area contributed by atoms with Gasteiger partial charge in [0.05, 0.1) is 0 Å². The van der Waals surface area contributed by atoms with Crippen molar-refractivity contribution >= 4 is 45.5 Å². The average Bonchev–Trinajstić information content (AvgIpc) is 1.70. The van der Waals surface area contributed by atoms with Gasteiger partial charge in [0.2, 0.25) is 0 Å². The molecule has 0 amide bonds. The van der Waals surface area contributed by atoms with E-state index in [-0.39, 0.29) is 200 Å². The molecule has 0 spiro atoms. The molecule has 0 aromatic carbocycles. The van der Waals surface area contributed by atoms with Gasteiger partial charge in [0.1, 0.15) is 0 Å². The Bertz CT molecular complexity index is 393. The monoisotopic (exact) mass is 526 g/mol. The van der Waals surface area contributed by atoms with Crippen LogP contribution in [0.4, 0.5) is 9.59 Å². The molecule has 0 aromatic heterocycles. The molecule has 0 bridgehead atoms. The minimum atomic E-state index is -4.67. The zero-order chi connectivity index (χ0) is 16.2. The second-order valence-corrected chi connectivity index (χ2v) is 3.25. The number of carbonyl (C=O) groups is 2. The van der Waals surface area contributed by atoms with Crippen LogP contribution in [0.2, 0.25) is 0 Å². The molecule has 0 unspecified atom stereocenters. The smallest absolute Gasteiger partial charge is 1.00 e. The van der Waals surface area contributed by atoms with Gasteiger partial charge < -0.3 is 38.5 Å². The Hall–Kier alpha value is 4.50. The van der Waals surface area contributed by atoms with Crippen molar-refractivity contribution in [1.82, 2.24) is 0 Å². The van der Waals surface area contributed by atoms with Crippen LogP contribution in [-0.4, -0.2) is 67.8 Å². The summed E-state index contributed by atoms with van der Waals surface area (Å²) >= 11 is 0. The molecule has 25 heavy (non-hydrogen) atoms. The van der Waals surface area contributed by atoms with E-state index >= 15 is 0 Å².